The van der Waals surface area contributed by atoms with Crippen LogP contribution >= 0.6 is 0 Å². The van der Waals surface area contributed by atoms with Crippen molar-refractivity contribution < 1.29 is 8.91 Å². The molecule has 2 atom stereocenters. The number of rotatable bonds is 6. The van der Waals surface area contributed by atoms with Crippen LogP contribution in [0.1, 0.15) is 24.8 Å². The van der Waals surface area contributed by atoms with Gasteiger partial charge >= 0.3 is 0 Å². The van der Waals surface area contributed by atoms with Crippen molar-refractivity contribution in [2.24, 2.45) is 0 Å². The van der Waals surface area contributed by atoms with Crippen LogP contribution in [0.2, 0.25) is 0 Å². The van der Waals surface area contributed by atoms with Crippen molar-refractivity contribution >= 4 is 5.82 Å². The van der Waals surface area contributed by atoms with Crippen LogP contribution in [0.3, 0.4) is 0 Å². The minimum atomic E-state index is -0.876. The smallest absolute Gasteiger partial charge is 0.293 e. The third kappa shape index (κ3) is 3.89. The molecule has 8 heteroatoms. The molecule has 0 saturated carbocycles. The highest BCUT2D eigenvalue weighted by atomic mass is 19.1. The Labute approximate surface area is 146 Å². The molecule has 0 radical (unpaired) electrons. The summed E-state index contributed by atoms with van der Waals surface area (Å²) in [5, 5.41) is 3.88. The van der Waals surface area contributed by atoms with Gasteiger partial charge in [0.2, 0.25) is 0 Å². The molecule has 1 aliphatic heterocycles. The van der Waals surface area contributed by atoms with Crippen molar-refractivity contribution in [1.29, 1.82) is 0 Å². The minimum Gasteiger partial charge on any atom is -0.360 e. The van der Waals surface area contributed by atoms with Crippen molar-refractivity contribution in [3.8, 4) is 0 Å². The summed E-state index contributed by atoms with van der Waals surface area (Å²) < 4.78 is 20.9. The second kappa shape index (κ2) is 7.35. The van der Waals surface area contributed by atoms with E-state index >= 15 is 0 Å². The first-order valence-corrected chi connectivity index (χ1v) is 8.54. The third-order valence-corrected chi connectivity index (χ3v) is 4.59. The van der Waals surface area contributed by atoms with Crippen LogP contribution in [0.15, 0.2) is 27.8 Å². The van der Waals surface area contributed by atoms with Crippen LogP contribution in [0.5, 0.6) is 0 Å². The normalized spacial score (nSPS) is 21.0. The van der Waals surface area contributed by atoms with E-state index in [1.54, 1.807) is 17.0 Å². The molecule has 0 aromatic carbocycles. The zero-order chi connectivity index (χ0) is 18.0. The fourth-order valence-corrected chi connectivity index (χ4v) is 3.35. The lowest BCUT2D eigenvalue weighted by Crippen LogP contribution is -2.41. The molecular weight excluding hydrogens is 325 g/mol. The Kier molecular flexibility index (Phi) is 5.17. The molecule has 1 saturated heterocycles. The molecule has 7 nitrogen and oxygen atoms in total. The van der Waals surface area contributed by atoms with E-state index in [0.29, 0.717) is 38.4 Å². The van der Waals surface area contributed by atoms with E-state index in [1.807, 2.05) is 36.8 Å². The zero-order valence-corrected chi connectivity index (χ0v) is 14.9. The number of hydrogen-bond acceptors (Lipinski definition) is 6. The SMILES string of the molecule is CCn1ccnc(N(C)C[C@@H]2C[C@H](F)CN2Cc2cc(C)no2)c1=O. The molecule has 3 heterocycles. The number of alkyl halides is 1. The second-order valence-electron chi connectivity index (χ2n) is 6.57. The summed E-state index contributed by atoms with van der Waals surface area (Å²) in [5.74, 6) is 1.12. The van der Waals surface area contributed by atoms with E-state index in [1.165, 1.54) is 0 Å². The molecule has 0 amide bonds. The van der Waals surface area contributed by atoms with E-state index in [9.17, 15) is 9.18 Å². The maximum absolute atomic E-state index is 14.0. The van der Waals surface area contributed by atoms with Crippen LogP contribution in [0, 0.1) is 6.92 Å². The molecule has 0 bridgehead atoms. The molecule has 0 unspecified atom stereocenters. The molecule has 0 N–H and O–H groups in total. The topological polar surface area (TPSA) is 67.4 Å². The first-order chi connectivity index (χ1) is 12.0. The van der Waals surface area contributed by atoms with Crippen molar-refractivity contribution in [3.63, 3.8) is 0 Å². The lowest BCUT2D eigenvalue weighted by atomic mass is 10.2. The fourth-order valence-electron chi connectivity index (χ4n) is 3.35. The van der Waals surface area contributed by atoms with Crippen molar-refractivity contribution in [2.75, 3.05) is 25.0 Å². The molecule has 25 heavy (non-hydrogen) atoms. The number of halogens is 1. The van der Waals surface area contributed by atoms with E-state index in [0.717, 1.165) is 11.5 Å². The second-order valence-corrected chi connectivity index (χ2v) is 6.57. The van der Waals surface area contributed by atoms with Gasteiger partial charge in [-0.15, -0.1) is 0 Å². The third-order valence-electron chi connectivity index (χ3n) is 4.59. The van der Waals surface area contributed by atoms with Gasteiger partial charge in [-0.2, -0.15) is 0 Å². The van der Waals surface area contributed by atoms with Crippen LogP contribution in [0.25, 0.3) is 0 Å². The van der Waals surface area contributed by atoms with Crippen molar-refractivity contribution in [2.45, 2.75) is 45.6 Å². The maximum Gasteiger partial charge on any atom is 0.293 e. The predicted molar refractivity (Wildman–Crippen MR) is 92.4 cm³/mol. The average molecular weight is 349 g/mol. The van der Waals surface area contributed by atoms with Gasteiger partial charge in [0.15, 0.2) is 11.6 Å². The highest BCUT2D eigenvalue weighted by Gasteiger charge is 2.34. The number of hydrogen-bond donors (Lipinski definition) is 0. The Bertz CT molecular complexity index is 774. The summed E-state index contributed by atoms with van der Waals surface area (Å²) in [5.41, 5.74) is 0.688. The Morgan fingerprint density at radius 1 is 1.48 bits per heavy atom. The van der Waals surface area contributed by atoms with Gasteiger partial charge in [0.05, 0.1) is 12.2 Å². The quantitative estimate of drug-likeness (QED) is 0.789. The van der Waals surface area contributed by atoms with E-state index in [-0.39, 0.29) is 11.6 Å². The van der Waals surface area contributed by atoms with Crippen LogP contribution in [0.4, 0.5) is 10.2 Å². The summed E-state index contributed by atoms with van der Waals surface area (Å²) in [6.07, 6.45) is 2.86. The van der Waals surface area contributed by atoms with Gasteiger partial charge in [0.1, 0.15) is 6.17 Å². The van der Waals surface area contributed by atoms with Crippen LogP contribution < -0.4 is 10.5 Å². The summed E-state index contributed by atoms with van der Waals surface area (Å²) in [4.78, 5) is 20.5. The Morgan fingerprint density at radius 3 is 2.96 bits per heavy atom. The van der Waals surface area contributed by atoms with Crippen molar-refractivity contribution in [3.05, 3.63) is 40.3 Å². The van der Waals surface area contributed by atoms with Gasteiger partial charge in [-0.1, -0.05) is 5.16 Å². The van der Waals surface area contributed by atoms with E-state index < -0.39 is 6.17 Å². The van der Waals surface area contributed by atoms with E-state index in [2.05, 4.69) is 10.1 Å². The van der Waals surface area contributed by atoms with Gasteiger partial charge in [-0.25, -0.2) is 9.37 Å². The first-order valence-electron chi connectivity index (χ1n) is 8.54. The monoisotopic (exact) mass is 349 g/mol. The van der Waals surface area contributed by atoms with E-state index in [4.69, 9.17) is 4.52 Å². The van der Waals surface area contributed by atoms with Gasteiger partial charge in [-0.3, -0.25) is 9.69 Å². The standard InChI is InChI=1S/C17H24FN5O2/c1-4-22-6-5-19-16(17(22)24)21(3)10-14-8-13(18)9-23(14)11-15-7-12(2)20-25-15/h5-7,13-14H,4,8-11H2,1-3H3/t13-,14-/m0/s1. The van der Waals surface area contributed by atoms with Gasteiger partial charge in [0, 0.05) is 51.2 Å². The molecule has 3 rings (SSSR count). The highest BCUT2D eigenvalue weighted by Crippen LogP contribution is 2.24. The number of aromatic nitrogens is 3. The number of anilines is 1. The number of nitrogens with zero attached hydrogens (tertiary/aromatic N) is 5. The number of likely N-dealkylation sites (tertiary alicyclic amines) is 1. The molecule has 1 aliphatic rings. The largest absolute Gasteiger partial charge is 0.360 e. The molecule has 1 fully saturated rings. The maximum atomic E-state index is 14.0. The molecule has 0 aliphatic carbocycles. The Morgan fingerprint density at radius 2 is 2.28 bits per heavy atom. The number of likely N-dealkylation sites (N-methyl/N-ethyl adjacent to an activating group) is 1. The summed E-state index contributed by atoms with van der Waals surface area (Å²) in [6, 6.07) is 1.85. The Hall–Kier alpha value is -2.22. The van der Waals surface area contributed by atoms with Gasteiger partial charge in [0.25, 0.3) is 5.56 Å². The van der Waals surface area contributed by atoms with Gasteiger partial charge < -0.3 is 14.0 Å². The van der Waals surface area contributed by atoms with Crippen molar-refractivity contribution in [1.82, 2.24) is 19.6 Å². The first kappa shape index (κ1) is 17.6. The lowest BCUT2D eigenvalue weighted by molar-refractivity contribution is 0.209. The fraction of sp³-hybridized carbons (Fsp3) is 0.588. The lowest BCUT2D eigenvalue weighted by Gasteiger charge is -2.28. The minimum absolute atomic E-state index is 0.0121. The van der Waals surface area contributed by atoms with Crippen LogP contribution in [-0.4, -0.2) is 52.0 Å². The predicted octanol–water partition coefficient (Wildman–Crippen LogP) is 1.61. The van der Waals surface area contributed by atoms with Gasteiger partial charge in [-0.05, 0) is 20.3 Å². The molecule has 0 spiro atoms. The highest BCUT2D eigenvalue weighted by molar-refractivity contribution is 5.34. The number of aryl methyl sites for hydroxylation is 2. The molecule has 2 aromatic heterocycles. The molecule has 2 aromatic rings. The zero-order valence-electron chi connectivity index (χ0n) is 14.9. The molecule has 136 valence electrons. The Balaban J connectivity index is 1.72. The summed E-state index contributed by atoms with van der Waals surface area (Å²) in [7, 11) is 1.83. The van der Waals surface area contributed by atoms with Crippen LogP contribution in [-0.2, 0) is 13.1 Å². The summed E-state index contributed by atoms with van der Waals surface area (Å²) in [6.45, 7) is 5.77. The summed E-state index contributed by atoms with van der Waals surface area (Å²) >= 11 is 0. The average Bonchev–Trinajstić information content (AvgIpc) is 3.13. The molecular formula is C17H24FN5O2.